The zero-order valence-corrected chi connectivity index (χ0v) is 44.1. The molecule has 380 valence electrons. The molecule has 0 heterocycles. The Balaban J connectivity index is 4.22. The first-order valence-electron chi connectivity index (χ1n) is 28.6. The van der Waals surface area contributed by atoms with Crippen LogP contribution < -0.4 is 0 Å². The molecule has 2 atom stereocenters. The van der Waals surface area contributed by atoms with Gasteiger partial charge in [0.25, 0.3) is 0 Å². The van der Waals surface area contributed by atoms with Crippen molar-refractivity contribution in [1.29, 1.82) is 0 Å². The molecule has 6 nitrogen and oxygen atoms in total. The quantitative estimate of drug-likeness (QED) is 0.0344. The molecule has 0 aliphatic carbocycles. The van der Waals surface area contributed by atoms with E-state index in [4.69, 9.17) is 14.2 Å². The molecule has 0 aliphatic rings. The molecular weight excluding hydrogens is 793 g/mol. The predicted octanol–water partition coefficient (Wildman–Crippen LogP) is 18.7. The van der Waals surface area contributed by atoms with Crippen LogP contribution in [0.4, 0.5) is 0 Å². The van der Waals surface area contributed by atoms with Crippen molar-refractivity contribution in [2.75, 3.05) is 13.2 Å². The second-order valence-corrected chi connectivity index (χ2v) is 21.1. The molecule has 0 aromatic rings. The lowest BCUT2D eigenvalue weighted by Gasteiger charge is -2.18. The summed E-state index contributed by atoms with van der Waals surface area (Å²) in [7, 11) is 0. The zero-order valence-electron chi connectivity index (χ0n) is 44.1. The summed E-state index contributed by atoms with van der Waals surface area (Å²) in [6, 6.07) is 0. The highest BCUT2D eigenvalue weighted by Crippen LogP contribution is 2.19. The number of carbonyl (C=O) groups excluding carboxylic acids is 3. The Kier molecular flexibility index (Phi) is 48.1. The number of hydrogen-bond acceptors (Lipinski definition) is 6. The van der Waals surface area contributed by atoms with Gasteiger partial charge in [-0.05, 0) is 37.0 Å². The van der Waals surface area contributed by atoms with Gasteiger partial charge < -0.3 is 14.2 Å². The molecule has 0 radical (unpaired) electrons. The minimum atomic E-state index is -0.764. The summed E-state index contributed by atoms with van der Waals surface area (Å²) >= 11 is 0. The molecule has 0 fully saturated rings. The van der Waals surface area contributed by atoms with E-state index in [1.165, 1.54) is 199 Å². The van der Waals surface area contributed by atoms with Crippen LogP contribution in [0.25, 0.3) is 0 Å². The number of hydrogen-bond donors (Lipinski definition) is 0. The minimum absolute atomic E-state index is 0.0643. The highest BCUT2D eigenvalue weighted by Gasteiger charge is 2.19. The first-order valence-corrected chi connectivity index (χ1v) is 28.6. The molecule has 6 heteroatoms. The van der Waals surface area contributed by atoms with Gasteiger partial charge in [-0.2, -0.15) is 0 Å². The maximum absolute atomic E-state index is 12.8. The first kappa shape index (κ1) is 62.4. The molecular formula is C58H112O6. The van der Waals surface area contributed by atoms with E-state index in [0.29, 0.717) is 19.3 Å². The lowest BCUT2D eigenvalue weighted by molar-refractivity contribution is -0.167. The van der Waals surface area contributed by atoms with Crippen molar-refractivity contribution < 1.29 is 28.6 Å². The average Bonchev–Trinajstić information content (AvgIpc) is 3.27. The Bertz CT molecular complexity index is 993. The van der Waals surface area contributed by atoms with Crippen LogP contribution in [0.5, 0.6) is 0 Å². The lowest BCUT2D eigenvalue weighted by Crippen LogP contribution is -2.30. The van der Waals surface area contributed by atoms with Gasteiger partial charge in [-0.1, -0.05) is 279 Å². The molecule has 0 bridgehead atoms. The van der Waals surface area contributed by atoms with E-state index in [2.05, 4.69) is 41.5 Å². The van der Waals surface area contributed by atoms with Crippen LogP contribution in [-0.4, -0.2) is 37.2 Å². The van der Waals surface area contributed by atoms with Gasteiger partial charge in [-0.15, -0.1) is 0 Å². The normalized spacial score (nSPS) is 12.6. The van der Waals surface area contributed by atoms with E-state index >= 15 is 0 Å². The third kappa shape index (κ3) is 49.8. The molecule has 0 aromatic carbocycles. The number of rotatable bonds is 51. The molecule has 0 N–H and O–H groups in total. The third-order valence-electron chi connectivity index (χ3n) is 13.5. The maximum Gasteiger partial charge on any atom is 0.306 e. The second-order valence-electron chi connectivity index (χ2n) is 21.1. The summed E-state index contributed by atoms with van der Waals surface area (Å²) in [6.45, 7) is 13.8. The molecule has 1 unspecified atom stereocenters. The molecule has 0 rings (SSSR count). The average molecular weight is 906 g/mol. The van der Waals surface area contributed by atoms with Gasteiger partial charge in [0.2, 0.25) is 0 Å². The largest absolute Gasteiger partial charge is 0.462 e. The molecule has 0 saturated carbocycles. The monoisotopic (exact) mass is 905 g/mol. The van der Waals surface area contributed by atoms with Crippen molar-refractivity contribution in [2.45, 2.75) is 324 Å². The smallest absolute Gasteiger partial charge is 0.306 e. The van der Waals surface area contributed by atoms with Crippen LogP contribution in [0.2, 0.25) is 0 Å². The predicted molar refractivity (Wildman–Crippen MR) is 275 cm³/mol. The van der Waals surface area contributed by atoms with Gasteiger partial charge in [-0.3, -0.25) is 14.4 Å². The Morgan fingerprint density at radius 3 is 0.812 bits per heavy atom. The number of esters is 3. The summed E-state index contributed by atoms with van der Waals surface area (Å²) in [5.74, 6) is 1.67. The highest BCUT2D eigenvalue weighted by atomic mass is 16.6. The Morgan fingerprint density at radius 2 is 0.547 bits per heavy atom. The Morgan fingerprint density at radius 1 is 0.312 bits per heavy atom. The van der Waals surface area contributed by atoms with E-state index in [9.17, 15) is 14.4 Å². The van der Waals surface area contributed by atoms with Crippen molar-refractivity contribution in [1.82, 2.24) is 0 Å². The second kappa shape index (κ2) is 49.3. The standard InChI is InChI=1S/C58H112O6/c1-7-54(6)46-40-34-28-21-18-19-23-30-36-42-48-57(60)63-51-55(64-58(61)49-43-37-31-25-24-27-33-39-45-53(4)5)50-62-56(59)47-41-35-29-22-17-15-13-11-9-8-10-12-14-16-20-26-32-38-44-52(2)3/h52-55H,7-51H2,1-6H3/t54?,55-/m0/s1. The third-order valence-corrected chi connectivity index (χ3v) is 13.5. The minimum Gasteiger partial charge on any atom is -0.462 e. The van der Waals surface area contributed by atoms with Crippen molar-refractivity contribution in [2.24, 2.45) is 17.8 Å². The summed E-state index contributed by atoms with van der Waals surface area (Å²) in [6.07, 6.45) is 51.0. The van der Waals surface area contributed by atoms with Crippen molar-refractivity contribution >= 4 is 17.9 Å². The van der Waals surface area contributed by atoms with Crippen LogP contribution >= 0.6 is 0 Å². The summed E-state index contributed by atoms with van der Waals surface area (Å²) in [4.78, 5) is 38.1. The zero-order chi connectivity index (χ0) is 47.0. The number of ether oxygens (including phenoxy) is 3. The lowest BCUT2D eigenvalue weighted by atomic mass is 9.99. The highest BCUT2D eigenvalue weighted by molar-refractivity contribution is 5.71. The van der Waals surface area contributed by atoms with E-state index < -0.39 is 6.10 Å². The summed E-state index contributed by atoms with van der Waals surface area (Å²) in [5, 5.41) is 0. The van der Waals surface area contributed by atoms with Crippen molar-refractivity contribution in [3.05, 3.63) is 0 Å². The fourth-order valence-electron chi connectivity index (χ4n) is 8.79. The first-order chi connectivity index (χ1) is 31.1. The van der Waals surface area contributed by atoms with Gasteiger partial charge in [0.05, 0.1) is 0 Å². The molecule has 0 aromatic heterocycles. The van der Waals surface area contributed by atoms with Crippen molar-refractivity contribution in [3.8, 4) is 0 Å². The molecule has 0 saturated heterocycles. The molecule has 0 aliphatic heterocycles. The fraction of sp³-hybridized carbons (Fsp3) is 0.948. The van der Waals surface area contributed by atoms with E-state index in [1.807, 2.05) is 0 Å². The van der Waals surface area contributed by atoms with E-state index in [1.54, 1.807) is 0 Å². The van der Waals surface area contributed by atoms with E-state index in [-0.39, 0.29) is 31.1 Å². The number of carbonyl (C=O) groups is 3. The van der Waals surface area contributed by atoms with E-state index in [0.717, 1.165) is 75.5 Å². The summed E-state index contributed by atoms with van der Waals surface area (Å²) in [5.41, 5.74) is 0. The Hall–Kier alpha value is -1.59. The van der Waals surface area contributed by atoms with Crippen LogP contribution in [0.15, 0.2) is 0 Å². The van der Waals surface area contributed by atoms with Crippen molar-refractivity contribution in [3.63, 3.8) is 0 Å². The topological polar surface area (TPSA) is 78.9 Å². The van der Waals surface area contributed by atoms with Gasteiger partial charge in [0, 0.05) is 19.3 Å². The van der Waals surface area contributed by atoms with Crippen LogP contribution in [-0.2, 0) is 28.6 Å². The molecule has 64 heavy (non-hydrogen) atoms. The summed E-state index contributed by atoms with van der Waals surface area (Å²) < 4.78 is 16.9. The van der Waals surface area contributed by atoms with Gasteiger partial charge in [-0.25, -0.2) is 0 Å². The fourth-order valence-corrected chi connectivity index (χ4v) is 8.79. The molecule has 0 spiro atoms. The SMILES string of the molecule is CCC(C)CCCCCCCCCCCCC(=O)OC[C@H](COC(=O)CCCCCCCCCCCCCCCCCCCCC(C)C)OC(=O)CCCCCCCCCCC(C)C. The van der Waals surface area contributed by atoms with Gasteiger partial charge in [0.15, 0.2) is 6.10 Å². The Labute approximate surface area is 399 Å². The van der Waals surface area contributed by atoms with Crippen LogP contribution in [0, 0.1) is 17.8 Å². The molecule has 0 amide bonds. The van der Waals surface area contributed by atoms with Gasteiger partial charge >= 0.3 is 17.9 Å². The maximum atomic E-state index is 12.8. The van der Waals surface area contributed by atoms with Gasteiger partial charge in [0.1, 0.15) is 13.2 Å². The number of unbranched alkanes of at least 4 members (excludes halogenated alkanes) is 33. The van der Waals surface area contributed by atoms with Crippen LogP contribution in [0.3, 0.4) is 0 Å². The van der Waals surface area contributed by atoms with Crippen LogP contribution in [0.1, 0.15) is 318 Å².